The molecular formula is C11H16N4O2S2. The van der Waals surface area contributed by atoms with Crippen molar-refractivity contribution in [2.24, 2.45) is 14.6 Å². The SMILES string of the molecule is CNCC(C)CNS(=O)(=O)c1cccc2c1N=S=N2. The summed E-state index contributed by atoms with van der Waals surface area (Å²) in [7, 11) is -1.70. The molecule has 1 atom stereocenters. The van der Waals surface area contributed by atoms with E-state index in [-0.39, 0.29) is 10.8 Å². The van der Waals surface area contributed by atoms with Gasteiger partial charge in [-0.2, -0.15) is 8.73 Å². The normalized spacial score (nSPS) is 15.1. The van der Waals surface area contributed by atoms with Crippen LogP contribution < -0.4 is 10.0 Å². The third kappa shape index (κ3) is 3.27. The highest BCUT2D eigenvalue weighted by atomic mass is 32.2. The molecule has 1 heterocycles. The summed E-state index contributed by atoms with van der Waals surface area (Å²) >= 11 is 1.01. The Hall–Kier alpha value is -1.09. The molecule has 19 heavy (non-hydrogen) atoms. The molecule has 0 spiro atoms. The van der Waals surface area contributed by atoms with Gasteiger partial charge in [0.25, 0.3) is 0 Å². The van der Waals surface area contributed by atoms with Crippen molar-refractivity contribution in [3.63, 3.8) is 0 Å². The number of benzene rings is 1. The van der Waals surface area contributed by atoms with Crippen LogP contribution in [0.5, 0.6) is 0 Å². The highest BCUT2D eigenvalue weighted by molar-refractivity contribution is 7.89. The van der Waals surface area contributed by atoms with Gasteiger partial charge in [-0.15, -0.1) is 0 Å². The molecule has 0 aromatic heterocycles. The van der Waals surface area contributed by atoms with Crippen LogP contribution in [0.2, 0.25) is 0 Å². The minimum Gasteiger partial charge on any atom is -0.319 e. The minimum absolute atomic E-state index is 0.190. The number of nitrogens with one attached hydrogen (secondary N) is 2. The van der Waals surface area contributed by atoms with Gasteiger partial charge in [-0.25, -0.2) is 13.1 Å². The van der Waals surface area contributed by atoms with E-state index in [0.717, 1.165) is 17.9 Å². The van der Waals surface area contributed by atoms with E-state index < -0.39 is 10.0 Å². The third-order valence-corrected chi connectivity index (χ3v) is 4.71. The Morgan fingerprint density at radius 2 is 2.11 bits per heavy atom. The van der Waals surface area contributed by atoms with E-state index in [4.69, 9.17) is 0 Å². The van der Waals surface area contributed by atoms with E-state index in [0.29, 0.717) is 17.9 Å². The Kier molecular flexibility index (Phi) is 4.46. The molecule has 0 radical (unpaired) electrons. The zero-order valence-corrected chi connectivity index (χ0v) is 12.4. The van der Waals surface area contributed by atoms with Crippen LogP contribution in [0, 0.1) is 5.92 Å². The van der Waals surface area contributed by atoms with Crippen molar-refractivity contribution in [3.8, 4) is 0 Å². The van der Waals surface area contributed by atoms with Gasteiger partial charge in [0.15, 0.2) is 0 Å². The average molecular weight is 300 g/mol. The van der Waals surface area contributed by atoms with Gasteiger partial charge in [-0.05, 0) is 31.6 Å². The highest BCUT2D eigenvalue weighted by Crippen LogP contribution is 2.37. The molecule has 0 bridgehead atoms. The Morgan fingerprint density at radius 3 is 2.84 bits per heavy atom. The number of sulfonamides is 1. The van der Waals surface area contributed by atoms with Gasteiger partial charge in [0.1, 0.15) is 16.3 Å². The number of fused-ring (bicyclic) bond motifs is 1. The second kappa shape index (κ2) is 5.91. The van der Waals surface area contributed by atoms with E-state index in [2.05, 4.69) is 18.8 Å². The van der Waals surface area contributed by atoms with Gasteiger partial charge in [0.05, 0.1) is 11.4 Å². The minimum atomic E-state index is -3.54. The first-order valence-corrected chi connectivity index (χ1v) is 8.11. The number of hydrogen-bond acceptors (Lipinski definition) is 5. The summed E-state index contributed by atoms with van der Waals surface area (Å²) in [5.74, 6) is 0.215. The zero-order valence-electron chi connectivity index (χ0n) is 10.8. The van der Waals surface area contributed by atoms with Crippen molar-refractivity contribution < 1.29 is 8.42 Å². The quantitative estimate of drug-likeness (QED) is 0.849. The van der Waals surface area contributed by atoms with E-state index >= 15 is 0 Å². The lowest BCUT2D eigenvalue weighted by atomic mass is 10.2. The first kappa shape index (κ1) is 14.3. The molecule has 1 aliphatic heterocycles. The maximum atomic E-state index is 12.3. The zero-order chi connectivity index (χ0) is 13.9. The summed E-state index contributed by atoms with van der Waals surface area (Å²) < 4.78 is 35.2. The van der Waals surface area contributed by atoms with Gasteiger partial charge < -0.3 is 5.32 Å². The largest absolute Gasteiger partial charge is 0.319 e. The van der Waals surface area contributed by atoms with Gasteiger partial charge in [-0.1, -0.05) is 13.0 Å². The van der Waals surface area contributed by atoms with Gasteiger partial charge >= 0.3 is 0 Å². The second-order valence-corrected chi connectivity index (χ2v) is 6.67. The lowest BCUT2D eigenvalue weighted by Gasteiger charge is -2.13. The summed E-state index contributed by atoms with van der Waals surface area (Å²) in [6.07, 6.45) is 0. The summed E-state index contributed by atoms with van der Waals surface area (Å²) in [6, 6.07) is 4.98. The first-order chi connectivity index (χ1) is 9.04. The van der Waals surface area contributed by atoms with Gasteiger partial charge in [0.2, 0.25) is 10.0 Å². The lowest BCUT2D eigenvalue weighted by molar-refractivity contribution is 0.519. The van der Waals surface area contributed by atoms with E-state index in [1.807, 2.05) is 14.0 Å². The molecule has 0 fully saturated rings. The first-order valence-electron chi connectivity index (χ1n) is 5.90. The predicted molar refractivity (Wildman–Crippen MR) is 76.3 cm³/mol. The van der Waals surface area contributed by atoms with Crippen molar-refractivity contribution >= 4 is 32.8 Å². The summed E-state index contributed by atoms with van der Waals surface area (Å²) in [4.78, 5) is 0.190. The lowest BCUT2D eigenvalue weighted by Crippen LogP contribution is -2.32. The van der Waals surface area contributed by atoms with Crippen LogP contribution >= 0.6 is 0 Å². The van der Waals surface area contributed by atoms with Gasteiger partial charge in [0, 0.05) is 6.54 Å². The molecule has 0 saturated carbocycles. The number of hydrogen-bond donors (Lipinski definition) is 2. The number of nitrogens with zero attached hydrogens (tertiary/aromatic N) is 2. The standard InChI is InChI=1S/C11H16N4O2S2/c1-8(6-12-2)7-13-19(16,17)10-5-3-4-9-11(10)15-18-14-9/h3-5,8,12-13H,6-7H2,1-2H3. The van der Waals surface area contributed by atoms with Gasteiger partial charge in [-0.3, -0.25) is 0 Å². The molecule has 1 aliphatic rings. The van der Waals surface area contributed by atoms with Crippen LogP contribution in [0.1, 0.15) is 6.92 Å². The second-order valence-electron chi connectivity index (χ2n) is 4.40. The fraction of sp³-hybridized carbons (Fsp3) is 0.455. The van der Waals surface area contributed by atoms with Crippen LogP contribution in [0.4, 0.5) is 11.4 Å². The molecule has 1 aromatic rings. The molecule has 1 aromatic carbocycles. The highest BCUT2D eigenvalue weighted by Gasteiger charge is 2.22. The molecule has 0 aliphatic carbocycles. The van der Waals surface area contributed by atoms with Crippen LogP contribution in [-0.2, 0) is 21.4 Å². The summed E-state index contributed by atoms with van der Waals surface area (Å²) in [6.45, 7) is 3.12. The van der Waals surface area contributed by atoms with Crippen LogP contribution in [0.15, 0.2) is 31.8 Å². The fourth-order valence-electron chi connectivity index (χ4n) is 1.75. The van der Waals surface area contributed by atoms with Crippen molar-refractivity contribution in [1.82, 2.24) is 10.0 Å². The maximum absolute atomic E-state index is 12.3. The van der Waals surface area contributed by atoms with Crippen LogP contribution in [0.25, 0.3) is 0 Å². The smallest absolute Gasteiger partial charge is 0.242 e. The third-order valence-electron chi connectivity index (χ3n) is 2.71. The molecule has 2 rings (SSSR count). The monoisotopic (exact) mass is 300 g/mol. The Morgan fingerprint density at radius 1 is 1.32 bits per heavy atom. The van der Waals surface area contributed by atoms with E-state index in [9.17, 15) is 8.42 Å². The van der Waals surface area contributed by atoms with E-state index in [1.54, 1.807) is 18.2 Å². The van der Waals surface area contributed by atoms with Crippen molar-refractivity contribution in [1.29, 1.82) is 0 Å². The summed E-state index contributed by atoms with van der Waals surface area (Å²) in [5, 5.41) is 3.01. The fourth-order valence-corrected chi connectivity index (χ4v) is 3.68. The Labute approximate surface area is 116 Å². The molecule has 6 nitrogen and oxygen atoms in total. The Balaban J connectivity index is 2.17. The Bertz CT molecular complexity index is 636. The molecule has 0 saturated heterocycles. The maximum Gasteiger partial charge on any atom is 0.242 e. The molecule has 0 amide bonds. The molecular weight excluding hydrogens is 284 g/mol. The average Bonchev–Trinajstić information content (AvgIpc) is 2.84. The molecule has 104 valence electrons. The van der Waals surface area contributed by atoms with Crippen molar-refractivity contribution in [2.45, 2.75) is 11.8 Å². The van der Waals surface area contributed by atoms with Crippen molar-refractivity contribution in [3.05, 3.63) is 18.2 Å². The molecule has 2 N–H and O–H groups in total. The topological polar surface area (TPSA) is 82.9 Å². The number of rotatable bonds is 6. The summed E-state index contributed by atoms with van der Waals surface area (Å²) in [5.41, 5.74) is 1.04. The van der Waals surface area contributed by atoms with Crippen molar-refractivity contribution in [2.75, 3.05) is 20.1 Å². The molecule has 1 unspecified atom stereocenters. The van der Waals surface area contributed by atoms with E-state index in [1.165, 1.54) is 0 Å². The van der Waals surface area contributed by atoms with Crippen LogP contribution in [-0.4, -0.2) is 28.6 Å². The predicted octanol–water partition coefficient (Wildman–Crippen LogP) is 1.55. The molecule has 8 heteroatoms. The van der Waals surface area contributed by atoms with Crippen LogP contribution in [0.3, 0.4) is 0 Å².